The molecule has 0 heterocycles. The van der Waals surface area contributed by atoms with Crippen LogP contribution >= 0.6 is 0 Å². The zero-order valence-electron chi connectivity index (χ0n) is 16.0. The highest BCUT2D eigenvalue weighted by Gasteiger charge is 2.01. The van der Waals surface area contributed by atoms with Crippen molar-refractivity contribution >= 4 is 6.03 Å². The predicted octanol–water partition coefficient (Wildman–Crippen LogP) is 5.77. The number of carbonyl (C=O) groups excluding carboxylic acids is 1. The molecule has 0 spiro atoms. The predicted molar refractivity (Wildman–Crippen MR) is 107 cm³/mol. The van der Waals surface area contributed by atoms with Crippen molar-refractivity contribution in [1.82, 2.24) is 10.4 Å². The normalized spacial score (nSPS) is 12.1. The maximum Gasteiger partial charge on any atom is 0.340 e. The van der Waals surface area contributed by atoms with Gasteiger partial charge in [0.1, 0.15) is 0 Å². The first-order valence-corrected chi connectivity index (χ1v) is 9.48. The Morgan fingerprint density at radius 2 is 1.32 bits per heavy atom. The molecule has 0 aliphatic rings. The van der Waals surface area contributed by atoms with E-state index in [0.29, 0.717) is 11.6 Å². The van der Waals surface area contributed by atoms with E-state index >= 15 is 0 Å². The highest BCUT2D eigenvalue weighted by atomic mass is 16.5. The second-order valence-corrected chi connectivity index (χ2v) is 5.99. The number of hydrogen-bond donors (Lipinski definition) is 2. The second-order valence-electron chi connectivity index (χ2n) is 5.99. The molecule has 0 rings (SSSR count). The summed E-state index contributed by atoms with van der Waals surface area (Å²) < 4.78 is 0. The van der Waals surface area contributed by atoms with Gasteiger partial charge < -0.3 is 5.32 Å². The molecule has 0 aliphatic heterocycles. The number of hydroxylamine groups is 2. The lowest BCUT2D eigenvalue weighted by Gasteiger charge is -2.09. The van der Waals surface area contributed by atoms with Crippen LogP contribution in [0.1, 0.15) is 64.7 Å². The van der Waals surface area contributed by atoms with Crippen molar-refractivity contribution in [3.8, 4) is 0 Å². The summed E-state index contributed by atoms with van der Waals surface area (Å²) in [6.07, 6.45) is 27.5. The van der Waals surface area contributed by atoms with Gasteiger partial charge in [0.15, 0.2) is 0 Å². The summed E-state index contributed by atoms with van der Waals surface area (Å²) >= 11 is 0. The smallest absolute Gasteiger partial charge is 0.336 e. The highest BCUT2D eigenvalue weighted by Crippen LogP contribution is 2.01. The van der Waals surface area contributed by atoms with E-state index in [-0.39, 0.29) is 0 Å². The van der Waals surface area contributed by atoms with Crippen LogP contribution in [0.4, 0.5) is 4.79 Å². The van der Waals surface area contributed by atoms with Gasteiger partial charge in [-0.25, -0.2) is 9.86 Å². The van der Waals surface area contributed by atoms with Crippen LogP contribution in [0, 0.1) is 0 Å². The Kier molecular flexibility index (Phi) is 17.2. The average Bonchev–Trinajstić information content (AvgIpc) is 2.60. The lowest BCUT2D eigenvalue weighted by molar-refractivity contribution is -0.0182. The van der Waals surface area contributed by atoms with Crippen LogP contribution in [-0.2, 0) is 0 Å². The van der Waals surface area contributed by atoms with Crippen LogP contribution in [0.25, 0.3) is 0 Å². The van der Waals surface area contributed by atoms with Crippen LogP contribution in [-0.4, -0.2) is 29.9 Å². The Labute approximate surface area is 153 Å². The molecule has 142 valence electrons. The SMILES string of the molecule is CCCCC/C=C/C/C=C/C/C=C/C/C=C/CCCNC(=O)N(C)O. The molecule has 2 amide bonds. The van der Waals surface area contributed by atoms with E-state index in [1.165, 1.54) is 32.7 Å². The van der Waals surface area contributed by atoms with Gasteiger partial charge in [-0.3, -0.25) is 5.21 Å². The summed E-state index contributed by atoms with van der Waals surface area (Å²) in [5, 5.41) is 12.0. The number of hydrogen-bond acceptors (Lipinski definition) is 2. The Hall–Kier alpha value is -1.81. The van der Waals surface area contributed by atoms with E-state index in [1.807, 2.05) is 0 Å². The highest BCUT2D eigenvalue weighted by molar-refractivity contribution is 5.72. The van der Waals surface area contributed by atoms with Gasteiger partial charge in [0.2, 0.25) is 0 Å². The molecule has 0 saturated heterocycles. The van der Waals surface area contributed by atoms with E-state index in [2.05, 4.69) is 60.8 Å². The minimum Gasteiger partial charge on any atom is -0.336 e. The molecule has 0 aromatic rings. The van der Waals surface area contributed by atoms with Gasteiger partial charge in [0, 0.05) is 13.6 Å². The number of amides is 2. The van der Waals surface area contributed by atoms with Crippen molar-refractivity contribution in [2.75, 3.05) is 13.6 Å². The molecule has 0 saturated carbocycles. The maximum absolute atomic E-state index is 11.0. The molecule has 2 N–H and O–H groups in total. The van der Waals surface area contributed by atoms with Gasteiger partial charge in [-0.1, -0.05) is 68.4 Å². The topological polar surface area (TPSA) is 52.6 Å². The Morgan fingerprint density at radius 1 is 0.840 bits per heavy atom. The molecule has 0 fully saturated rings. The second kappa shape index (κ2) is 18.5. The molecule has 0 radical (unpaired) electrons. The largest absolute Gasteiger partial charge is 0.340 e. The van der Waals surface area contributed by atoms with Crippen molar-refractivity contribution in [2.45, 2.75) is 64.7 Å². The molecular weight excluding hydrogens is 312 g/mol. The Bertz CT molecular complexity index is 424. The zero-order chi connectivity index (χ0) is 18.6. The van der Waals surface area contributed by atoms with E-state index in [1.54, 1.807) is 0 Å². The number of carbonyl (C=O) groups is 1. The van der Waals surface area contributed by atoms with Crippen LogP contribution < -0.4 is 5.32 Å². The van der Waals surface area contributed by atoms with Gasteiger partial charge in [-0.05, 0) is 44.9 Å². The monoisotopic (exact) mass is 348 g/mol. The average molecular weight is 349 g/mol. The molecule has 25 heavy (non-hydrogen) atoms. The number of urea groups is 1. The lowest BCUT2D eigenvalue weighted by atomic mass is 10.2. The molecule has 4 nitrogen and oxygen atoms in total. The summed E-state index contributed by atoms with van der Waals surface area (Å²) in [7, 11) is 1.31. The minimum absolute atomic E-state index is 0.466. The number of nitrogens with zero attached hydrogens (tertiary/aromatic N) is 1. The quantitative estimate of drug-likeness (QED) is 0.181. The van der Waals surface area contributed by atoms with Crippen molar-refractivity contribution in [2.24, 2.45) is 0 Å². The summed E-state index contributed by atoms with van der Waals surface area (Å²) in [5.74, 6) is 0. The van der Waals surface area contributed by atoms with Crippen molar-refractivity contribution in [3.63, 3.8) is 0 Å². The van der Waals surface area contributed by atoms with Crippen molar-refractivity contribution in [1.29, 1.82) is 0 Å². The lowest BCUT2D eigenvalue weighted by Crippen LogP contribution is -2.35. The molecule has 0 unspecified atom stereocenters. The molecule has 0 aliphatic carbocycles. The van der Waals surface area contributed by atoms with Crippen molar-refractivity contribution in [3.05, 3.63) is 48.6 Å². The van der Waals surface area contributed by atoms with E-state index in [4.69, 9.17) is 5.21 Å². The first kappa shape index (κ1) is 23.2. The molecule has 0 aromatic carbocycles. The van der Waals surface area contributed by atoms with Crippen LogP contribution in [0.2, 0.25) is 0 Å². The van der Waals surface area contributed by atoms with Crippen molar-refractivity contribution < 1.29 is 10.0 Å². The number of allylic oxidation sites excluding steroid dienone is 8. The first-order valence-electron chi connectivity index (χ1n) is 9.48. The Morgan fingerprint density at radius 3 is 1.80 bits per heavy atom. The fourth-order valence-electron chi connectivity index (χ4n) is 2.09. The minimum atomic E-state index is -0.466. The van der Waals surface area contributed by atoms with Crippen LogP contribution in [0.15, 0.2) is 48.6 Å². The summed E-state index contributed by atoms with van der Waals surface area (Å²) in [4.78, 5) is 11.0. The van der Waals surface area contributed by atoms with Gasteiger partial charge in [-0.15, -0.1) is 0 Å². The van der Waals surface area contributed by atoms with Gasteiger partial charge >= 0.3 is 6.03 Å². The molecule has 0 atom stereocenters. The maximum atomic E-state index is 11.0. The summed E-state index contributed by atoms with van der Waals surface area (Å²) in [5.41, 5.74) is 0. The zero-order valence-corrected chi connectivity index (χ0v) is 16.0. The molecular formula is C21H36N2O2. The molecule has 0 bridgehead atoms. The van der Waals surface area contributed by atoms with Gasteiger partial charge in [0.25, 0.3) is 0 Å². The fraction of sp³-hybridized carbons (Fsp3) is 0.571. The molecule has 4 heteroatoms. The number of unbranched alkanes of at least 4 members (excludes halogenated alkanes) is 4. The third kappa shape index (κ3) is 18.4. The number of rotatable bonds is 14. The van der Waals surface area contributed by atoms with Crippen LogP contribution in [0.5, 0.6) is 0 Å². The third-order valence-electron chi connectivity index (χ3n) is 3.58. The van der Waals surface area contributed by atoms with Gasteiger partial charge in [0.05, 0.1) is 0 Å². The van der Waals surface area contributed by atoms with E-state index < -0.39 is 6.03 Å². The summed E-state index contributed by atoms with van der Waals surface area (Å²) in [6.45, 7) is 2.80. The van der Waals surface area contributed by atoms with Gasteiger partial charge in [-0.2, -0.15) is 0 Å². The first-order chi connectivity index (χ1) is 12.2. The summed E-state index contributed by atoms with van der Waals surface area (Å²) in [6, 6.07) is -0.466. The fourth-order valence-corrected chi connectivity index (χ4v) is 2.09. The van der Waals surface area contributed by atoms with E-state index in [0.717, 1.165) is 32.1 Å². The third-order valence-corrected chi connectivity index (χ3v) is 3.58. The molecule has 0 aromatic heterocycles. The van der Waals surface area contributed by atoms with E-state index in [9.17, 15) is 4.79 Å². The number of nitrogens with one attached hydrogen (secondary N) is 1. The standard InChI is InChI=1S/C21H36N2O2/c1-3-4-5-6-7-8-9-10-11-12-13-14-15-16-17-18-19-20-22-21(24)23(2)25/h7-8,10-11,13-14,16-17,25H,3-6,9,12,15,18-20H2,1-2H3,(H,22,24)/b8-7+,11-10+,14-13+,17-16+. The Balaban J connectivity index is 3.44. The van der Waals surface area contributed by atoms with Crippen LogP contribution in [0.3, 0.4) is 0 Å².